The van der Waals surface area contributed by atoms with Crippen molar-refractivity contribution in [1.82, 2.24) is 10.2 Å². The average Bonchev–Trinajstić information content (AvgIpc) is 2.79. The number of nitrogens with zero attached hydrogens (tertiary/aromatic N) is 1. The van der Waals surface area contributed by atoms with Crippen LogP contribution >= 0.6 is 0 Å². The Bertz CT molecular complexity index is 528. The minimum atomic E-state index is -0.265. The largest absolute Gasteiger partial charge is 0.461 e. The van der Waals surface area contributed by atoms with E-state index in [-0.39, 0.29) is 5.97 Å². The summed E-state index contributed by atoms with van der Waals surface area (Å²) in [6.07, 6.45) is 7.92. The zero-order chi connectivity index (χ0) is 13.0. The van der Waals surface area contributed by atoms with Gasteiger partial charge in [0.1, 0.15) is 0 Å². The number of esters is 1. The van der Waals surface area contributed by atoms with Gasteiger partial charge >= 0.3 is 5.97 Å². The molecule has 1 heterocycles. The lowest BCUT2D eigenvalue weighted by molar-refractivity contribution is 0.0518. The second-order valence-electron chi connectivity index (χ2n) is 6.27. The van der Waals surface area contributed by atoms with Crippen LogP contribution in [0.4, 0.5) is 0 Å². The summed E-state index contributed by atoms with van der Waals surface area (Å²) in [6, 6.07) is 0. The Morgan fingerprint density at radius 1 is 1.42 bits per heavy atom. The van der Waals surface area contributed by atoms with E-state index in [1.54, 1.807) is 0 Å². The Morgan fingerprint density at radius 2 is 2.21 bits per heavy atom. The molecular formula is C15H20N2O2. The monoisotopic (exact) mass is 260 g/mol. The Morgan fingerprint density at radius 3 is 2.95 bits per heavy atom. The van der Waals surface area contributed by atoms with Gasteiger partial charge in [-0.05, 0) is 37.5 Å². The molecule has 4 heteroatoms. The molecule has 1 spiro atoms. The molecule has 2 fully saturated rings. The Hall–Kier alpha value is -1.32. The summed E-state index contributed by atoms with van der Waals surface area (Å²) in [5.41, 5.74) is 3.48. The van der Waals surface area contributed by atoms with Crippen LogP contribution in [-0.2, 0) is 11.2 Å². The molecule has 0 aromatic carbocycles. The van der Waals surface area contributed by atoms with Crippen molar-refractivity contribution in [1.29, 1.82) is 0 Å². The summed E-state index contributed by atoms with van der Waals surface area (Å²) in [4.78, 5) is 11.9. The molecular weight excluding hydrogens is 240 g/mol. The lowest BCUT2D eigenvalue weighted by atomic mass is 9.80. The second-order valence-corrected chi connectivity index (χ2v) is 6.27. The van der Waals surface area contributed by atoms with Crippen molar-refractivity contribution in [3.63, 3.8) is 0 Å². The molecule has 0 amide bonds. The number of carbonyl (C=O) groups is 1. The van der Waals surface area contributed by atoms with E-state index in [0.717, 1.165) is 17.9 Å². The number of H-pyrrole nitrogens is 1. The summed E-state index contributed by atoms with van der Waals surface area (Å²) in [5.74, 6) is 1.16. The number of rotatable bonds is 2. The van der Waals surface area contributed by atoms with Gasteiger partial charge in [-0.25, -0.2) is 4.79 Å². The highest BCUT2D eigenvalue weighted by Gasteiger charge is 2.68. The minimum Gasteiger partial charge on any atom is -0.461 e. The first-order chi connectivity index (χ1) is 9.28. The first-order valence-electron chi connectivity index (χ1n) is 7.52. The van der Waals surface area contributed by atoms with Gasteiger partial charge in [0.25, 0.3) is 0 Å². The Balaban J connectivity index is 1.61. The van der Waals surface area contributed by atoms with Gasteiger partial charge in [-0.15, -0.1) is 0 Å². The first-order valence-corrected chi connectivity index (χ1v) is 7.52. The standard InChI is InChI=1S/C15H20N2O2/c1-2-19-14(18)13-9-8-10-11(12(9)16-17-13)15(10)6-4-3-5-7-15/h10-11H,2-8H2,1H3,(H,16,17)/t10-,11-/m1/s1. The summed E-state index contributed by atoms with van der Waals surface area (Å²) in [5, 5.41) is 7.35. The Kier molecular flexibility index (Phi) is 2.32. The normalized spacial score (nSPS) is 29.9. The van der Waals surface area contributed by atoms with Crippen LogP contribution < -0.4 is 0 Å². The van der Waals surface area contributed by atoms with E-state index < -0.39 is 0 Å². The fourth-order valence-corrected chi connectivity index (χ4v) is 4.71. The van der Waals surface area contributed by atoms with Crippen LogP contribution in [0.5, 0.6) is 0 Å². The topological polar surface area (TPSA) is 55.0 Å². The molecule has 4 rings (SSSR count). The molecule has 3 aliphatic rings. The molecule has 3 aliphatic carbocycles. The number of ether oxygens (including phenoxy) is 1. The SMILES string of the molecule is CCOC(=O)c1n[nH]c2c1C[C@@H]1[C@H]2C12CCCCC2. The van der Waals surface area contributed by atoms with Crippen molar-refractivity contribution in [3.8, 4) is 0 Å². The van der Waals surface area contributed by atoms with E-state index in [1.807, 2.05) is 6.92 Å². The smallest absolute Gasteiger partial charge is 0.359 e. The molecule has 0 bridgehead atoms. The van der Waals surface area contributed by atoms with Crippen molar-refractivity contribution >= 4 is 5.97 Å². The maximum Gasteiger partial charge on any atom is 0.359 e. The van der Waals surface area contributed by atoms with E-state index in [4.69, 9.17) is 4.74 Å². The molecule has 19 heavy (non-hydrogen) atoms. The summed E-state index contributed by atoms with van der Waals surface area (Å²) >= 11 is 0. The van der Waals surface area contributed by atoms with Gasteiger partial charge < -0.3 is 4.74 Å². The number of aromatic nitrogens is 2. The highest BCUT2D eigenvalue weighted by atomic mass is 16.5. The van der Waals surface area contributed by atoms with Crippen molar-refractivity contribution < 1.29 is 9.53 Å². The zero-order valence-electron chi connectivity index (χ0n) is 11.4. The first kappa shape index (κ1) is 11.5. The highest BCUT2D eigenvalue weighted by molar-refractivity contribution is 5.89. The lowest BCUT2D eigenvalue weighted by Crippen LogP contribution is -2.15. The van der Waals surface area contributed by atoms with Crippen LogP contribution in [0.15, 0.2) is 0 Å². The maximum atomic E-state index is 11.9. The van der Waals surface area contributed by atoms with Crippen molar-refractivity contribution in [2.45, 2.75) is 51.4 Å². The van der Waals surface area contributed by atoms with Gasteiger partial charge in [-0.1, -0.05) is 19.3 Å². The summed E-state index contributed by atoms with van der Waals surface area (Å²) in [6.45, 7) is 2.25. The van der Waals surface area contributed by atoms with Gasteiger partial charge in [0, 0.05) is 17.2 Å². The third-order valence-electron chi connectivity index (χ3n) is 5.54. The predicted molar refractivity (Wildman–Crippen MR) is 70.0 cm³/mol. The predicted octanol–water partition coefficient (Wildman–Crippen LogP) is 2.81. The molecule has 0 saturated heterocycles. The van der Waals surface area contributed by atoms with Crippen LogP contribution in [0.2, 0.25) is 0 Å². The highest BCUT2D eigenvalue weighted by Crippen LogP contribution is 2.75. The molecule has 1 aromatic heterocycles. The fraction of sp³-hybridized carbons (Fsp3) is 0.733. The number of hydrogen-bond donors (Lipinski definition) is 1. The van der Waals surface area contributed by atoms with Gasteiger partial charge in [-0.2, -0.15) is 5.10 Å². The fourth-order valence-electron chi connectivity index (χ4n) is 4.71. The van der Waals surface area contributed by atoms with Gasteiger partial charge in [0.2, 0.25) is 0 Å². The van der Waals surface area contributed by atoms with Crippen molar-refractivity contribution in [2.75, 3.05) is 6.61 Å². The van der Waals surface area contributed by atoms with E-state index in [0.29, 0.717) is 23.6 Å². The van der Waals surface area contributed by atoms with Crippen LogP contribution in [0.1, 0.15) is 66.7 Å². The molecule has 2 saturated carbocycles. The Labute approximate surface area is 112 Å². The van der Waals surface area contributed by atoms with E-state index in [1.165, 1.54) is 37.8 Å². The van der Waals surface area contributed by atoms with Gasteiger partial charge in [-0.3, -0.25) is 5.10 Å². The van der Waals surface area contributed by atoms with Gasteiger partial charge in [0.15, 0.2) is 5.69 Å². The molecule has 0 unspecified atom stereocenters. The third-order valence-corrected chi connectivity index (χ3v) is 5.54. The van der Waals surface area contributed by atoms with E-state index in [9.17, 15) is 4.79 Å². The molecule has 1 aromatic rings. The van der Waals surface area contributed by atoms with Gasteiger partial charge in [0.05, 0.1) is 6.61 Å². The second kappa shape index (κ2) is 3.84. The minimum absolute atomic E-state index is 0.265. The quantitative estimate of drug-likeness (QED) is 0.832. The third kappa shape index (κ3) is 1.40. The van der Waals surface area contributed by atoms with Crippen LogP contribution in [0.3, 0.4) is 0 Å². The number of aromatic amines is 1. The molecule has 0 aliphatic heterocycles. The zero-order valence-corrected chi connectivity index (χ0v) is 11.4. The van der Waals surface area contributed by atoms with E-state index >= 15 is 0 Å². The average molecular weight is 260 g/mol. The van der Waals surface area contributed by atoms with Crippen molar-refractivity contribution in [2.24, 2.45) is 11.3 Å². The maximum absolute atomic E-state index is 11.9. The van der Waals surface area contributed by atoms with Crippen LogP contribution in [-0.4, -0.2) is 22.8 Å². The number of fused-ring (bicyclic) bond motifs is 5. The number of carbonyl (C=O) groups excluding carboxylic acids is 1. The molecule has 4 nitrogen and oxygen atoms in total. The summed E-state index contributed by atoms with van der Waals surface area (Å²) in [7, 11) is 0. The van der Waals surface area contributed by atoms with Crippen LogP contribution in [0, 0.1) is 11.3 Å². The number of nitrogens with one attached hydrogen (secondary N) is 1. The van der Waals surface area contributed by atoms with E-state index in [2.05, 4.69) is 10.2 Å². The molecule has 102 valence electrons. The molecule has 2 atom stereocenters. The molecule has 0 radical (unpaired) electrons. The van der Waals surface area contributed by atoms with Crippen molar-refractivity contribution in [3.05, 3.63) is 17.0 Å². The lowest BCUT2D eigenvalue weighted by Gasteiger charge is -2.25. The molecule has 1 N–H and O–H groups in total. The summed E-state index contributed by atoms with van der Waals surface area (Å²) < 4.78 is 5.08. The van der Waals surface area contributed by atoms with Crippen LogP contribution in [0.25, 0.3) is 0 Å². The number of hydrogen-bond acceptors (Lipinski definition) is 3.